The van der Waals surface area contributed by atoms with Gasteiger partial charge in [-0.25, -0.2) is 0 Å². The lowest BCUT2D eigenvalue weighted by atomic mass is 10.1. The zero-order valence-electron chi connectivity index (χ0n) is 11.2. The molecular weight excluding hydrogens is 236 g/mol. The number of nitrogens with one attached hydrogen (secondary N) is 1. The Morgan fingerprint density at radius 1 is 1.05 bits per heavy atom. The smallest absolute Gasteiger partial charge is 0.144 e. The van der Waals surface area contributed by atoms with Gasteiger partial charge in [-0.1, -0.05) is 36.4 Å². The molecule has 0 saturated heterocycles. The minimum Gasteiger partial charge on any atom is -0.492 e. The Morgan fingerprint density at radius 2 is 1.84 bits per heavy atom. The van der Waals surface area contributed by atoms with Crippen LogP contribution in [0.5, 0.6) is 5.75 Å². The number of ether oxygens (including phenoxy) is 1. The molecule has 3 N–H and O–H groups in total. The van der Waals surface area contributed by atoms with Crippen LogP contribution in [0, 0.1) is 0 Å². The average Bonchev–Trinajstić information content (AvgIpc) is 2.44. The predicted molar refractivity (Wildman–Crippen MR) is 80.7 cm³/mol. The van der Waals surface area contributed by atoms with Crippen LogP contribution >= 0.6 is 0 Å². The molecule has 0 bridgehead atoms. The number of para-hydroxylation sites is 1. The molecule has 0 saturated carbocycles. The highest BCUT2D eigenvalue weighted by Gasteiger charge is 2.04. The van der Waals surface area contributed by atoms with Crippen molar-refractivity contribution in [1.82, 2.24) is 0 Å². The van der Waals surface area contributed by atoms with Crippen molar-refractivity contribution >= 4 is 11.4 Å². The number of benzene rings is 2. The molecule has 2 aromatic carbocycles. The number of anilines is 2. The molecule has 100 valence electrons. The van der Waals surface area contributed by atoms with Gasteiger partial charge in [0.2, 0.25) is 0 Å². The summed E-state index contributed by atoms with van der Waals surface area (Å²) >= 11 is 0. The number of hydrogen-bond acceptors (Lipinski definition) is 3. The Bertz CT molecular complexity index is 511. The van der Waals surface area contributed by atoms with Crippen molar-refractivity contribution in [3.63, 3.8) is 0 Å². The van der Waals surface area contributed by atoms with Crippen LogP contribution in [0.4, 0.5) is 11.4 Å². The second kappa shape index (κ2) is 6.69. The molecule has 0 unspecified atom stereocenters. The van der Waals surface area contributed by atoms with Crippen LogP contribution in [0.3, 0.4) is 0 Å². The first-order valence-corrected chi connectivity index (χ1v) is 6.60. The highest BCUT2D eigenvalue weighted by molar-refractivity contribution is 5.72. The first kappa shape index (κ1) is 13.3. The van der Waals surface area contributed by atoms with Gasteiger partial charge in [0.05, 0.1) is 18.0 Å². The number of nitrogen functional groups attached to an aromatic ring is 1. The summed E-state index contributed by atoms with van der Waals surface area (Å²) in [4.78, 5) is 0. The van der Waals surface area contributed by atoms with Gasteiger partial charge in [-0.2, -0.15) is 0 Å². The molecule has 0 spiro atoms. The average molecular weight is 256 g/mol. The highest BCUT2D eigenvalue weighted by Crippen LogP contribution is 2.29. The summed E-state index contributed by atoms with van der Waals surface area (Å²) in [6, 6.07) is 16.2. The van der Waals surface area contributed by atoms with Crippen LogP contribution in [0.2, 0.25) is 0 Å². The van der Waals surface area contributed by atoms with Crippen molar-refractivity contribution in [2.75, 3.05) is 24.2 Å². The zero-order chi connectivity index (χ0) is 13.5. The van der Waals surface area contributed by atoms with Gasteiger partial charge >= 0.3 is 0 Å². The van der Waals surface area contributed by atoms with Gasteiger partial charge in [-0.3, -0.25) is 0 Å². The molecule has 2 rings (SSSR count). The second-order valence-corrected chi connectivity index (χ2v) is 4.31. The van der Waals surface area contributed by atoms with Crippen LogP contribution in [-0.2, 0) is 6.42 Å². The summed E-state index contributed by atoms with van der Waals surface area (Å²) in [6.45, 7) is 3.43. The summed E-state index contributed by atoms with van der Waals surface area (Å²) in [5.74, 6) is 0.743. The summed E-state index contributed by atoms with van der Waals surface area (Å²) < 4.78 is 5.48. The fourth-order valence-corrected chi connectivity index (χ4v) is 1.97. The highest BCUT2D eigenvalue weighted by atomic mass is 16.5. The molecule has 0 fully saturated rings. The third-order valence-electron chi connectivity index (χ3n) is 2.94. The van der Waals surface area contributed by atoms with Crippen molar-refractivity contribution in [2.24, 2.45) is 0 Å². The van der Waals surface area contributed by atoms with E-state index in [-0.39, 0.29) is 0 Å². The van der Waals surface area contributed by atoms with E-state index in [1.165, 1.54) is 5.56 Å². The summed E-state index contributed by atoms with van der Waals surface area (Å²) in [6.07, 6.45) is 0.971. The van der Waals surface area contributed by atoms with E-state index in [9.17, 15) is 0 Å². The van der Waals surface area contributed by atoms with Gasteiger partial charge < -0.3 is 15.8 Å². The molecule has 0 atom stereocenters. The standard InChI is InChI=1S/C16H20N2O/c1-2-19-15-10-6-9-14(16(15)17)18-12-11-13-7-4-3-5-8-13/h3-10,18H,2,11-12,17H2,1H3. The Kier molecular flexibility index (Phi) is 4.67. The molecule has 0 aliphatic carbocycles. The van der Waals surface area contributed by atoms with Crippen LogP contribution < -0.4 is 15.8 Å². The topological polar surface area (TPSA) is 47.3 Å². The largest absolute Gasteiger partial charge is 0.492 e. The van der Waals surface area contributed by atoms with Gasteiger partial charge in [0, 0.05) is 6.54 Å². The van der Waals surface area contributed by atoms with Crippen molar-refractivity contribution in [1.29, 1.82) is 0 Å². The van der Waals surface area contributed by atoms with Crippen molar-refractivity contribution < 1.29 is 4.74 Å². The van der Waals surface area contributed by atoms with E-state index in [0.29, 0.717) is 12.3 Å². The van der Waals surface area contributed by atoms with E-state index in [1.54, 1.807) is 0 Å². The summed E-state index contributed by atoms with van der Waals surface area (Å²) in [5.41, 5.74) is 8.99. The predicted octanol–water partition coefficient (Wildman–Crippen LogP) is 3.32. The third-order valence-corrected chi connectivity index (χ3v) is 2.94. The van der Waals surface area contributed by atoms with Gasteiger partial charge in [-0.15, -0.1) is 0 Å². The maximum Gasteiger partial charge on any atom is 0.144 e. The van der Waals surface area contributed by atoms with Crippen LogP contribution in [0.25, 0.3) is 0 Å². The number of rotatable bonds is 6. The first-order valence-electron chi connectivity index (χ1n) is 6.60. The molecule has 3 heteroatoms. The number of nitrogens with two attached hydrogens (primary N) is 1. The molecule has 19 heavy (non-hydrogen) atoms. The van der Waals surface area contributed by atoms with E-state index in [4.69, 9.17) is 10.5 Å². The van der Waals surface area contributed by atoms with Crippen molar-refractivity contribution in [3.8, 4) is 5.75 Å². The molecule has 0 amide bonds. The summed E-state index contributed by atoms with van der Waals surface area (Å²) in [7, 11) is 0. The monoisotopic (exact) mass is 256 g/mol. The Hall–Kier alpha value is -2.16. The molecule has 0 aliphatic heterocycles. The van der Waals surface area contributed by atoms with Gasteiger partial charge in [-0.05, 0) is 31.0 Å². The van der Waals surface area contributed by atoms with Crippen LogP contribution in [0.1, 0.15) is 12.5 Å². The fourth-order valence-electron chi connectivity index (χ4n) is 1.97. The van der Waals surface area contributed by atoms with Crippen LogP contribution in [-0.4, -0.2) is 13.2 Å². The van der Waals surface area contributed by atoms with E-state index >= 15 is 0 Å². The van der Waals surface area contributed by atoms with Crippen LogP contribution in [0.15, 0.2) is 48.5 Å². The summed E-state index contributed by atoms with van der Waals surface area (Å²) in [5, 5.41) is 3.36. The molecule has 3 nitrogen and oxygen atoms in total. The maximum atomic E-state index is 6.06. The molecule has 0 aromatic heterocycles. The quantitative estimate of drug-likeness (QED) is 0.779. The zero-order valence-corrected chi connectivity index (χ0v) is 11.2. The minimum atomic E-state index is 0.623. The van der Waals surface area contributed by atoms with Crippen molar-refractivity contribution in [3.05, 3.63) is 54.1 Å². The Labute approximate surface area is 114 Å². The maximum absolute atomic E-state index is 6.06. The van der Waals surface area contributed by atoms with E-state index in [1.807, 2.05) is 31.2 Å². The first-order chi connectivity index (χ1) is 9.31. The van der Waals surface area contributed by atoms with Crippen molar-refractivity contribution in [2.45, 2.75) is 13.3 Å². The second-order valence-electron chi connectivity index (χ2n) is 4.31. The van der Waals surface area contributed by atoms with E-state index < -0.39 is 0 Å². The van der Waals surface area contributed by atoms with Gasteiger partial charge in [0.1, 0.15) is 5.75 Å². The molecule has 0 heterocycles. The Balaban J connectivity index is 1.94. The fraction of sp³-hybridized carbons (Fsp3) is 0.250. The Morgan fingerprint density at radius 3 is 2.58 bits per heavy atom. The lowest BCUT2D eigenvalue weighted by Gasteiger charge is -2.13. The molecule has 0 radical (unpaired) electrons. The number of hydrogen-bond donors (Lipinski definition) is 2. The molecule has 0 aliphatic rings. The molecule has 2 aromatic rings. The SMILES string of the molecule is CCOc1cccc(NCCc2ccccc2)c1N. The van der Waals surface area contributed by atoms with Gasteiger partial charge in [0.25, 0.3) is 0 Å². The normalized spacial score (nSPS) is 10.2. The van der Waals surface area contributed by atoms with E-state index in [2.05, 4.69) is 29.6 Å². The molecular formula is C16H20N2O. The lowest BCUT2D eigenvalue weighted by Crippen LogP contribution is -2.08. The van der Waals surface area contributed by atoms with Gasteiger partial charge in [0.15, 0.2) is 0 Å². The van der Waals surface area contributed by atoms with E-state index in [0.717, 1.165) is 24.4 Å². The lowest BCUT2D eigenvalue weighted by molar-refractivity contribution is 0.342. The minimum absolute atomic E-state index is 0.623. The third kappa shape index (κ3) is 3.65.